The molecule has 112 valence electrons. The Morgan fingerprint density at radius 2 is 1.90 bits per heavy atom. The molecule has 0 amide bonds. The van der Waals surface area contributed by atoms with Crippen LogP contribution in [-0.4, -0.2) is 15.5 Å². The summed E-state index contributed by atoms with van der Waals surface area (Å²) in [7, 11) is 0. The SMILES string of the molecule is CC(C)(C)NCc1cnc(C2(c3ccccc3)CCC2)[nH]1. The Morgan fingerprint density at radius 3 is 2.48 bits per heavy atom. The minimum atomic E-state index is 0.112. The van der Waals surface area contributed by atoms with Crippen molar-refractivity contribution in [3.05, 3.63) is 53.6 Å². The molecule has 1 aromatic carbocycles. The molecule has 1 saturated carbocycles. The topological polar surface area (TPSA) is 40.7 Å². The lowest BCUT2D eigenvalue weighted by Crippen LogP contribution is -2.37. The predicted octanol–water partition coefficient (Wildman–Crippen LogP) is 3.77. The predicted molar refractivity (Wildman–Crippen MR) is 86.3 cm³/mol. The zero-order chi connectivity index (χ0) is 14.9. The quantitative estimate of drug-likeness (QED) is 0.897. The molecule has 2 N–H and O–H groups in total. The van der Waals surface area contributed by atoms with E-state index in [4.69, 9.17) is 4.98 Å². The van der Waals surface area contributed by atoms with E-state index in [-0.39, 0.29) is 11.0 Å². The van der Waals surface area contributed by atoms with Crippen molar-refractivity contribution in [3.8, 4) is 0 Å². The number of imidazole rings is 1. The third-order valence-electron chi connectivity index (χ3n) is 4.42. The number of benzene rings is 1. The zero-order valence-electron chi connectivity index (χ0n) is 13.2. The third-order valence-corrected chi connectivity index (χ3v) is 4.42. The summed E-state index contributed by atoms with van der Waals surface area (Å²) in [4.78, 5) is 8.25. The number of hydrogen-bond donors (Lipinski definition) is 2. The van der Waals surface area contributed by atoms with Gasteiger partial charge in [-0.25, -0.2) is 4.98 Å². The lowest BCUT2D eigenvalue weighted by molar-refractivity contribution is 0.286. The Morgan fingerprint density at radius 1 is 1.19 bits per heavy atom. The second-order valence-corrected chi connectivity index (χ2v) is 7.16. The fourth-order valence-corrected chi connectivity index (χ4v) is 3.00. The first-order valence-corrected chi connectivity index (χ1v) is 7.85. The molecule has 0 atom stereocenters. The standard InChI is InChI=1S/C18H25N3/c1-17(2,3)20-13-15-12-19-16(21-15)18(10-7-11-18)14-8-5-4-6-9-14/h4-6,8-9,12,20H,7,10-11,13H2,1-3H3,(H,19,21). The molecule has 0 saturated heterocycles. The molecular formula is C18H25N3. The highest BCUT2D eigenvalue weighted by Gasteiger charge is 2.42. The van der Waals surface area contributed by atoms with Gasteiger partial charge in [0.2, 0.25) is 0 Å². The monoisotopic (exact) mass is 283 g/mol. The van der Waals surface area contributed by atoms with Gasteiger partial charge < -0.3 is 10.3 Å². The van der Waals surface area contributed by atoms with Crippen LogP contribution in [0.4, 0.5) is 0 Å². The van der Waals surface area contributed by atoms with Gasteiger partial charge >= 0.3 is 0 Å². The highest BCUT2D eigenvalue weighted by molar-refractivity contribution is 5.36. The second kappa shape index (κ2) is 5.30. The maximum absolute atomic E-state index is 4.69. The molecule has 1 aliphatic carbocycles. The first-order chi connectivity index (χ1) is 10.00. The smallest absolute Gasteiger partial charge is 0.116 e. The highest BCUT2D eigenvalue weighted by Crippen LogP contribution is 2.47. The summed E-state index contributed by atoms with van der Waals surface area (Å²) in [6.45, 7) is 7.38. The van der Waals surface area contributed by atoms with Crippen LogP contribution in [-0.2, 0) is 12.0 Å². The van der Waals surface area contributed by atoms with Gasteiger partial charge in [0.25, 0.3) is 0 Å². The van der Waals surface area contributed by atoms with Gasteiger partial charge in [0.05, 0.1) is 5.41 Å². The van der Waals surface area contributed by atoms with Crippen molar-refractivity contribution in [2.75, 3.05) is 0 Å². The first kappa shape index (κ1) is 14.3. The van der Waals surface area contributed by atoms with Crippen LogP contribution in [0.25, 0.3) is 0 Å². The summed E-state index contributed by atoms with van der Waals surface area (Å²) in [5, 5.41) is 3.51. The number of nitrogens with one attached hydrogen (secondary N) is 2. The lowest BCUT2D eigenvalue weighted by Gasteiger charge is -2.40. The number of H-pyrrole nitrogens is 1. The molecule has 3 nitrogen and oxygen atoms in total. The summed E-state index contributed by atoms with van der Waals surface area (Å²) < 4.78 is 0. The molecule has 0 unspecified atom stereocenters. The molecule has 0 bridgehead atoms. The minimum Gasteiger partial charge on any atom is -0.344 e. The van der Waals surface area contributed by atoms with Crippen LogP contribution in [0.3, 0.4) is 0 Å². The van der Waals surface area contributed by atoms with E-state index in [2.05, 4.69) is 61.4 Å². The summed E-state index contributed by atoms with van der Waals surface area (Å²) in [6.07, 6.45) is 5.65. The number of aromatic nitrogens is 2. The van der Waals surface area contributed by atoms with Crippen LogP contribution in [0.1, 0.15) is 57.1 Å². The first-order valence-electron chi connectivity index (χ1n) is 7.85. The number of nitrogens with zero attached hydrogens (tertiary/aromatic N) is 1. The van der Waals surface area contributed by atoms with Gasteiger partial charge in [-0.15, -0.1) is 0 Å². The van der Waals surface area contributed by atoms with Crippen molar-refractivity contribution in [3.63, 3.8) is 0 Å². The largest absolute Gasteiger partial charge is 0.344 e. The molecule has 1 aliphatic rings. The van der Waals surface area contributed by atoms with Crippen LogP contribution < -0.4 is 5.32 Å². The third kappa shape index (κ3) is 2.88. The number of aromatic amines is 1. The summed E-state index contributed by atoms with van der Waals surface area (Å²) >= 11 is 0. The van der Waals surface area contributed by atoms with E-state index in [1.165, 1.54) is 30.5 Å². The van der Waals surface area contributed by atoms with Crippen molar-refractivity contribution in [2.45, 2.75) is 57.5 Å². The van der Waals surface area contributed by atoms with Gasteiger partial charge in [0.1, 0.15) is 5.82 Å². The van der Waals surface area contributed by atoms with Crippen molar-refractivity contribution in [1.82, 2.24) is 15.3 Å². The van der Waals surface area contributed by atoms with Gasteiger partial charge in [-0.1, -0.05) is 36.8 Å². The Labute approximate surface area is 127 Å². The fraction of sp³-hybridized carbons (Fsp3) is 0.500. The summed E-state index contributed by atoms with van der Waals surface area (Å²) in [5.41, 5.74) is 2.79. The molecule has 2 aromatic rings. The molecule has 0 radical (unpaired) electrons. The molecule has 21 heavy (non-hydrogen) atoms. The van der Waals surface area contributed by atoms with E-state index in [9.17, 15) is 0 Å². The van der Waals surface area contributed by atoms with Gasteiger partial charge in [-0.2, -0.15) is 0 Å². The van der Waals surface area contributed by atoms with Crippen LogP contribution in [0.15, 0.2) is 36.5 Å². The lowest BCUT2D eigenvalue weighted by atomic mass is 9.64. The van der Waals surface area contributed by atoms with E-state index in [1.54, 1.807) is 0 Å². The van der Waals surface area contributed by atoms with E-state index >= 15 is 0 Å². The van der Waals surface area contributed by atoms with E-state index in [1.807, 2.05) is 6.20 Å². The molecular weight excluding hydrogens is 258 g/mol. The fourth-order valence-electron chi connectivity index (χ4n) is 3.00. The van der Waals surface area contributed by atoms with Gasteiger partial charge in [0, 0.05) is 24.0 Å². The highest BCUT2D eigenvalue weighted by atomic mass is 15.0. The molecule has 3 rings (SSSR count). The molecule has 0 spiro atoms. The second-order valence-electron chi connectivity index (χ2n) is 7.16. The Hall–Kier alpha value is -1.61. The minimum absolute atomic E-state index is 0.112. The summed E-state index contributed by atoms with van der Waals surface area (Å²) in [5.74, 6) is 1.13. The van der Waals surface area contributed by atoms with E-state index < -0.39 is 0 Å². The maximum Gasteiger partial charge on any atom is 0.116 e. The van der Waals surface area contributed by atoms with E-state index in [0.29, 0.717) is 0 Å². The zero-order valence-corrected chi connectivity index (χ0v) is 13.2. The number of hydrogen-bond acceptors (Lipinski definition) is 2. The van der Waals surface area contributed by atoms with Crippen LogP contribution >= 0.6 is 0 Å². The van der Waals surface area contributed by atoms with Crippen LogP contribution in [0, 0.1) is 0 Å². The number of rotatable bonds is 4. The molecule has 0 aliphatic heterocycles. The van der Waals surface area contributed by atoms with Crippen molar-refractivity contribution in [1.29, 1.82) is 0 Å². The maximum atomic E-state index is 4.69. The Balaban J connectivity index is 1.81. The van der Waals surface area contributed by atoms with E-state index in [0.717, 1.165) is 12.4 Å². The Kier molecular flexibility index (Phi) is 3.62. The van der Waals surface area contributed by atoms with Crippen molar-refractivity contribution in [2.24, 2.45) is 0 Å². The van der Waals surface area contributed by atoms with Gasteiger partial charge in [-0.3, -0.25) is 0 Å². The Bertz CT molecular complexity index is 588. The van der Waals surface area contributed by atoms with Gasteiger partial charge in [-0.05, 0) is 39.2 Å². The average molecular weight is 283 g/mol. The molecule has 3 heteroatoms. The van der Waals surface area contributed by atoms with Crippen LogP contribution in [0.5, 0.6) is 0 Å². The van der Waals surface area contributed by atoms with Gasteiger partial charge in [0.15, 0.2) is 0 Å². The molecule has 1 heterocycles. The van der Waals surface area contributed by atoms with Crippen molar-refractivity contribution < 1.29 is 0 Å². The summed E-state index contributed by atoms with van der Waals surface area (Å²) in [6, 6.07) is 10.8. The average Bonchev–Trinajstić information content (AvgIpc) is 2.85. The normalized spacial score (nSPS) is 17.5. The van der Waals surface area contributed by atoms with Crippen molar-refractivity contribution >= 4 is 0 Å². The molecule has 1 aromatic heterocycles. The van der Waals surface area contributed by atoms with Crippen LogP contribution in [0.2, 0.25) is 0 Å². The molecule has 1 fully saturated rings.